The van der Waals surface area contributed by atoms with Gasteiger partial charge in [-0.2, -0.15) is 5.10 Å². The van der Waals surface area contributed by atoms with Gasteiger partial charge in [0.05, 0.1) is 16.8 Å². The van der Waals surface area contributed by atoms with Crippen LogP contribution in [0.3, 0.4) is 0 Å². The van der Waals surface area contributed by atoms with Gasteiger partial charge < -0.3 is 5.32 Å². The molecule has 0 radical (unpaired) electrons. The van der Waals surface area contributed by atoms with Crippen molar-refractivity contribution < 1.29 is 0 Å². The zero-order valence-corrected chi connectivity index (χ0v) is 14.0. The fraction of sp³-hybridized carbons (Fsp3) is 0.588. The van der Waals surface area contributed by atoms with Gasteiger partial charge >= 0.3 is 0 Å². The van der Waals surface area contributed by atoms with Gasteiger partial charge in [0.15, 0.2) is 0 Å². The Hall–Kier alpha value is -1.13. The van der Waals surface area contributed by atoms with E-state index >= 15 is 0 Å². The largest absolute Gasteiger partial charge is 0.313 e. The maximum Gasteiger partial charge on any atom is 0.0794 e. The van der Waals surface area contributed by atoms with Crippen LogP contribution in [0.5, 0.6) is 0 Å². The molecule has 116 valence electrons. The van der Waals surface area contributed by atoms with Gasteiger partial charge in [-0.1, -0.05) is 45.6 Å². The lowest BCUT2D eigenvalue weighted by molar-refractivity contribution is 0.512. The number of thiophene rings is 1. The third-order valence-corrected chi connectivity index (χ3v) is 4.57. The van der Waals surface area contributed by atoms with Crippen LogP contribution < -0.4 is 5.32 Å². The van der Waals surface area contributed by atoms with Gasteiger partial charge in [0.25, 0.3) is 0 Å². The summed E-state index contributed by atoms with van der Waals surface area (Å²) in [4.78, 5) is 1.26. The summed E-state index contributed by atoms with van der Waals surface area (Å²) in [5, 5.41) is 12.9. The molecule has 0 fully saturated rings. The second kappa shape index (κ2) is 9.00. The predicted octanol–water partition coefficient (Wildman–Crippen LogP) is 4.83. The Morgan fingerprint density at radius 2 is 2.10 bits per heavy atom. The minimum Gasteiger partial charge on any atom is -0.313 e. The first-order valence-corrected chi connectivity index (χ1v) is 8.92. The molecule has 2 rings (SSSR count). The molecule has 2 aromatic heterocycles. The standard InChI is InChI=1S/C17H27N3S/c1-14(2)8-5-3-4-6-10-18-12-15-13-19-20-17(15)16-9-7-11-21-16/h7,9,11,13-14,18H,3-6,8,10,12H2,1-2H3,(H,19,20). The SMILES string of the molecule is CC(C)CCCCCCNCc1cn[nH]c1-c1cccs1. The molecule has 2 N–H and O–H groups in total. The highest BCUT2D eigenvalue weighted by molar-refractivity contribution is 7.13. The Morgan fingerprint density at radius 3 is 2.86 bits per heavy atom. The highest BCUT2D eigenvalue weighted by atomic mass is 32.1. The number of H-pyrrole nitrogens is 1. The van der Waals surface area contributed by atoms with Gasteiger partial charge in [0.1, 0.15) is 0 Å². The van der Waals surface area contributed by atoms with Crippen LogP contribution in [0, 0.1) is 5.92 Å². The van der Waals surface area contributed by atoms with Gasteiger partial charge in [-0.15, -0.1) is 11.3 Å². The maximum absolute atomic E-state index is 4.18. The van der Waals surface area contributed by atoms with E-state index in [1.807, 2.05) is 6.20 Å². The topological polar surface area (TPSA) is 40.7 Å². The van der Waals surface area contributed by atoms with E-state index < -0.39 is 0 Å². The molecular weight excluding hydrogens is 278 g/mol. The van der Waals surface area contributed by atoms with Crippen molar-refractivity contribution in [1.82, 2.24) is 15.5 Å². The van der Waals surface area contributed by atoms with Crippen LogP contribution >= 0.6 is 11.3 Å². The summed E-state index contributed by atoms with van der Waals surface area (Å²) in [7, 11) is 0. The molecule has 2 heterocycles. The van der Waals surface area contributed by atoms with Crippen molar-refractivity contribution in [3.05, 3.63) is 29.3 Å². The van der Waals surface area contributed by atoms with Crippen LogP contribution in [-0.2, 0) is 6.54 Å². The maximum atomic E-state index is 4.18. The fourth-order valence-electron chi connectivity index (χ4n) is 2.46. The van der Waals surface area contributed by atoms with Crippen molar-refractivity contribution >= 4 is 11.3 Å². The zero-order chi connectivity index (χ0) is 14.9. The van der Waals surface area contributed by atoms with Crippen molar-refractivity contribution in [1.29, 1.82) is 0 Å². The van der Waals surface area contributed by atoms with E-state index in [9.17, 15) is 0 Å². The summed E-state index contributed by atoms with van der Waals surface area (Å²) in [6.07, 6.45) is 8.65. The number of nitrogens with zero attached hydrogens (tertiary/aromatic N) is 1. The fourth-order valence-corrected chi connectivity index (χ4v) is 3.21. The van der Waals surface area contributed by atoms with Crippen molar-refractivity contribution in [2.45, 2.75) is 52.5 Å². The quantitative estimate of drug-likeness (QED) is 0.617. The molecule has 21 heavy (non-hydrogen) atoms. The number of hydrogen-bond acceptors (Lipinski definition) is 3. The highest BCUT2D eigenvalue weighted by Gasteiger charge is 2.07. The number of nitrogens with one attached hydrogen (secondary N) is 2. The van der Waals surface area contributed by atoms with E-state index in [1.54, 1.807) is 11.3 Å². The molecule has 0 saturated heterocycles. The summed E-state index contributed by atoms with van der Waals surface area (Å²) in [6.45, 7) is 6.60. The normalized spacial score (nSPS) is 11.4. The molecule has 4 heteroatoms. The second-order valence-electron chi connectivity index (χ2n) is 6.02. The molecule has 0 aromatic carbocycles. The summed E-state index contributed by atoms with van der Waals surface area (Å²) in [5.74, 6) is 0.847. The number of aromatic amines is 1. The van der Waals surface area contributed by atoms with Crippen LogP contribution in [-0.4, -0.2) is 16.7 Å². The molecule has 0 aliphatic rings. The second-order valence-corrected chi connectivity index (χ2v) is 6.97. The first-order valence-electron chi connectivity index (χ1n) is 8.04. The molecular formula is C17H27N3S. The van der Waals surface area contributed by atoms with E-state index in [4.69, 9.17) is 0 Å². The molecule has 2 aromatic rings. The number of hydrogen-bond donors (Lipinski definition) is 2. The molecule has 0 bridgehead atoms. The van der Waals surface area contributed by atoms with Gasteiger partial charge in [-0.05, 0) is 30.3 Å². The molecule has 0 unspecified atom stereocenters. The average Bonchev–Trinajstić information content (AvgIpc) is 3.11. The van der Waals surface area contributed by atoms with E-state index in [0.717, 1.165) is 24.7 Å². The predicted molar refractivity (Wildman–Crippen MR) is 91.5 cm³/mol. The highest BCUT2D eigenvalue weighted by Crippen LogP contribution is 2.25. The van der Waals surface area contributed by atoms with Gasteiger partial charge in [0.2, 0.25) is 0 Å². The average molecular weight is 305 g/mol. The molecule has 0 atom stereocenters. The van der Waals surface area contributed by atoms with E-state index in [-0.39, 0.29) is 0 Å². The minimum absolute atomic E-state index is 0.847. The Bertz CT molecular complexity index is 488. The summed E-state index contributed by atoms with van der Waals surface area (Å²) in [6, 6.07) is 4.21. The lowest BCUT2D eigenvalue weighted by atomic mass is 10.0. The van der Waals surface area contributed by atoms with E-state index in [1.165, 1.54) is 42.5 Å². The Morgan fingerprint density at radius 1 is 1.24 bits per heavy atom. The van der Waals surface area contributed by atoms with Gasteiger partial charge in [-0.3, -0.25) is 5.10 Å². The van der Waals surface area contributed by atoms with Crippen LogP contribution in [0.2, 0.25) is 0 Å². The minimum atomic E-state index is 0.847. The lowest BCUT2D eigenvalue weighted by Crippen LogP contribution is -2.14. The Labute approximate surface area is 132 Å². The number of unbranched alkanes of at least 4 members (excludes halogenated alkanes) is 3. The Balaban J connectivity index is 1.61. The van der Waals surface area contributed by atoms with Gasteiger partial charge in [0, 0.05) is 12.1 Å². The van der Waals surface area contributed by atoms with E-state index in [2.05, 4.69) is 46.9 Å². The molecule has 3 nitrogen and oxygen atoms in total. The van der Waals surface area contributed by atoms with Crippen LogP contribution in [0.25, 0.3) is 10.6 Å². The molecule has 0 aliphatic heterocycles. The van der Waals surface area contributed by atoms with Gasteiger partial charge in [-0.25, -0.2) is 0 Å². The van der Waals surface area contributed by atoms with Crippen molar-refractivity contribution in [3.8, 4) is 10.6 Å². The number of rotatable bonds is 10. The molecule has 0 saturated carbocycles. The zero-order valence-electron chi connectivity index (χ0n) is 13.2. The molecule has 0 amide bonds. The van der Waals surface area contributed by atoms with Crippen molar-refractivity contribution in [2.75, 3.05) is 6.54 Å². The lowest BCUT2D eigenvalue weighted by Gasteiger charge is -2.06. The smallest absolute Gasteiger partial charge is 0.0794 e. The van der Waals surface area contributed by atoms with Crippen LogP contribution in [0.4, 0.5) is 0 Å². The number of aromatic nitrogens is 2. The third-order valence-electron chi connectivity index (χ3n) is 3.69. The van der Waals surface area contributed by atoms with Crippen molar-refractivity contribution in [2.24, 2.45) is 5.92 Å². The van der Waals surface area contributed by atoms with Crippen LogP contribution in [0.1, 0.15) is 51.5 Å². The van der Waals surface area contributed by atoms with E-state index in [0.29, 0.717) is 0 Å². The van der Waals surface area contributed by atoms with Crippen LogP contribution in [0.15, 0.2) is 23.7 Å². The summed E-state index contributed by atoms with van der Waals surface area (Å²) >= 11 is 1.75. The first kappa shape index (κ1) is 16.2. The monoisotopic (exact) mass is 305 g/mol. The molecule has 0 aliphatic carbocycles. The summed E-state index contributed by atoms with van der Waals surface area (Å²) < 4.78 is 0. The first-order chi connectivity index (χ1) is 10.3. The Kier molecular flexibility index (Phi) is 6.96. The van der Waals surface area contributed by atoms with Crippen molar-refractivity contribution in [3.63, 3.8) is 0 Å². The summed E-state index contributed by atoms with van der Waals surface area (Å²) in [5.41, 5.74) is 2.42. The molecule has 0 spiro atoms. The third kappa shape index (κ3) is 5.64.